The second-order valence-electron chi connectivity index (χ2n) is 9.28. The van der Waals surface area contributed by atoms with Crippen molar-refractivity contribution in [3.05, 3.63) is 143 Å². The van der Waals surface area contributed by atoms with Gasteiger partial charge < -0.3 is 0 Å². The lowest BCUT2D eigenvalue weighted by atomic mass is 9.82. The molecule has 5 aromatic carbocycles. The molecule has 0 amide bonds. The third-order valence-electron chi connectivity index (χ3n) is 7.21. The minimum Gasteiger partial charge on any atom is -0.0936 e. The molecule has 5 aromatic rings. The van der Waals surface area contributed by atoms with Crippen LogP contribution in [0.15, 0.2) is 132 Å². The third-order valence-corrected chi connectivity index (χ3v) is 8.47. The molecule has 0 spiro atoms. The molecule has 1 aliphatic heterocycles. The van der Waals surface area contributed by atoms with Crippen molar-refractivity contribution in [1.82, 2.24) is 0 Å². The Morgan fingerprint density at radius 3 is 1.63 bits per heavy atom. The zero-order chi connectivity index (χ0) is 23.2. The van der Waals surface area contributed by atoms with Crippen LogP contribution in [0.2, 0.25) is 0 Å². The fourth-order valence-electron chi connectivity index (χ4n) is 5.64. The Bertz CT molecular complexity index is 1610. The normalized spacial score (nSPS) is 17.1. The highest BCUT2D eigenvalue weighted by atomic mass is 32.2. The summed E-state index contributed by atoms with van der Waals surface area (Å²) in [4.78, 5) is 2.84. The molecule has 0 aromatic heterocycles. The molecule has 1 heterocycles. The number of fused-ring (bicyclic) bond motifs is 3. The van der Waals surface area contributed by atoms with Crippen LogP contribution >= 0.6 is 11.8 Å². The van der Waals surface area contributed by atoms with Crippen LogP contribution in [0.3, 0.4) is 0 Å². The van der Waals surface area contributed by atoms with Crippen molar-refractivity contribution in [1.29, 1.82) is 0 Å². The zero-order valence-electron chi connectivity index (χ0n) is 19.3. The molecule has 0 fully saturated rings. The highest BCUT2D eigenvalue weighted by molar-refractivity contribution is 8.12. The van der Waals surface area contributed by atoms with Gasteiger partial charge in [0.15, 0.2) is 0 Å². The molecule has 1 heteroatoms. The summed E-state index contributed by atoms with van der Waals surface area (Å²) < 4.78 is 0. The van der Waals surface area contributed by atoms with Crippen molar-refractivity contribution < 1.29 is 0 Å². The summed E-state index contributed by atoms with van der Waals surface area (Å²) >= 11 is 1.93. The number of rotatable bonds is 3. The van der Waals surface area contributed by atoms with E-state index in [2.05, 4.69) is 127 Å². The summed E-state index contributed by atoms with van der Waals surface area (Å²) in [5, 5.41) is 5.32. The van der Waals surface area contributed by atoms with E-state index in [0.29, 0.717) is 5.92 Å². The van der Waals surface area contributed by atoms with Crippen molar-refractivity contribution >= 4 is 43.8 Å². The molecule has 0 radical (unpaired) electrons. The Morgan fingerprint density at radius 1 is 0.514 bits per heavy atom. The standard InChI is InChI=1S/C34H24S/c1-3-11-23(12-4-1)32-22-26-21-25(19-20-31(26)35-32)34-29-17-9-7-15-27(29)33(24-13-5-2-6-14-24)28-16-8-10-18-30(28)34/h1-20,22,26H,21H2. The fourth-order valence-corrected chi connectivity index (χ4v) is 6.82. The molecule has 1 atom stereocenters. The van der Waals surface area contributed by atoms with Crippen LogP contribution in [0.5, 0.6) is 0 Å². The maximum absolute atomic E-state index is 2.47. The molecule has 1 aliphatic carbocycles. The summed E-state index contributed by atoms with van der Waals surface area (Å²) in [5.74, 6) is 0.446. The van der Waals surface area contributed by atoms with Gasteiger partial charge in [0.05, 0.1) is 0 Å². The number of thioether (sulfide) groups is 1. The Hall–Kier alpha value is -3.81. The maximum Gasteiger partial charge on any atom is 0.0158 e. The molecule has 2 aliphatic rings. The number of hydrogen-bond donors (Lipinski definition) is 0. The number of benzene rings is 5. The van der Waals surface area contributed by atoms with Gasteiger partial charge in [-0.2, -0.15) is 0 Å². The molecule has 166 valence electrons. The zero-order valence-corrected chi connectivity index (χ0v) is 20.1. The van der Waals surface area contributed by atoms with Crippen LogP contribution in [-0.2, 0) is 0 Å². The van der Waals surface area contributed by atoms with Crippen LogP contribution in [0.4, 0.5) is 0 Å². The van der Waals surface area contributed by atoms with Crippen LogP contribution in [0.25, 0.3) is 43.2 Å². The first kappa shape index (κ1) is 20.6. The Labute approximate surface area is 210 Å². The molecule has 0 saturated heterocycles. The van der Waals surface area contributed by atoms with Crippen LogP contribution in [-0.4, -0.2) is 0 Å². The van der Waals surface area contributed by atoms with Crippen molar-refractivity contribution in [2.24, 2.45) is 5.92 Å². The molecular weight excluding hydrogens is 440 g/mol. The van der Waals surface area contributed by atoms with Crippen LogP contribution in [0.1, 0.15) is 17.5 Å². The van der Waals surface area contributed by atoms with E-state index in [4.69, 9.17) is 0 Å². The maximum atomic E-state index is 2.47. The molecule has 1 unspecified atom stereocenters. The van der Waals surface area contributed by atoms with Gasteiger partial charge in [-0.25, -0.2) is 0 Å². The summed E-state index contributed by atoms with van der Waals surface area (Å²) in [7, 11) is 0. The molecule has 0 bridgehead atoms. The van der Waals surface area contributed by atoms with E-state index < -0.39 is 0 Å². The van der Waals surface area contributed by atoms with Gasteiger partial charge in [0.2, 0.25) is 0 Å². The minimum atomic E-state index is 0.446. The van der Waals surface area contributed by atoms with Crippen molar-refractivity contribution in [2.75, 3.05) is 0 Å². The van der Waals surface area contributed by atoms with E-state index in [0.717, 1.165) is 6.42 Å². The summed E-state index contributed by atoms with van der Waals surface area (Å²) in [6.45, 7) is 0. The Kier molecular flexibility index (Phi) is 4.96. The third kappa shape index (κ3) is 3.47. The molecular formula is C34H24S. The van der Waals surface area contributed by atoms with Crippen LogP contribution < -0.4 is 0 Å². The number of hydrogen-bond acceptors (Lipinski definition) is 1. The minimum absolute atomic E-state index is 0.446. The Balaban J connectivity index is 1.41. The topological polar surface area (TPSA) is 0 Å². The van der Waals surface area contributed by atoms with Crippen molar-refractivity contribution in [3.63, 3.8) is 0 Å². The smallest absolute Gasteiger partial charge is 0.0158 e. The van der Waals surface area contributed by atoms with Gasteiger partial charge in [-0.15, -0.1) is 0 Å². The van der Waals surface area contributed by atoms with Crippen molar-refractivity contribution in [2.45, 2.75) is 6.42 Å². The molecule has 0 saturated carbocycles. The largest absolute Gasteiger partial charge is 0.0936 e. The first-order valence-corrected chi connectivity index (χ1v) is 13.0. The summed E-state index contributed by atoms with van der Waals surface area (Å²) in [6, 6.07) is 39.5. The highest BCUT2D eigenvalue weighted by Crippen LogP contribution is 2.52. The summed E-state index contributed by atoms with van der Waals surface area (Å²) in [5.41, 5.74) is 6.73. The fraction of sp³-hybridized carbons (Fsp3) is 0.0588. The van der Waals surface area contributed by atoms with E-state index in [1.807, 2.05) is 11.8 Å². The van der Waals surface area contributed by atoms with Gasteiger partial charge in [-0.05, 0) is 60.7 Å². The van der Waals surface area contributed by atoms with Gasteiger partial charge >= 0.3 is 0 Å². The van der Waals surface area contributed by atoms with Gasteiger partial charge in [0.25, 0.3) is 0 Å². The van der Waals surface area contributed by atoms with Crippen molar-refractivity contribution in [3.8, 4) is 11.1 Å². The van der Waals surface area contributed by atoms with E-state index in [1.165, 1.54) is 59.2 Å². The molecule has 0 N–H and O–H groups in total. The van der Waals surface area contributed by atoms with Gasteiger partial charge in [0, 0.05) is 10.8 Å². The quantitative estimate of drug-likeness (QED) is 0.239. The van der Waals surface area contributed by atoms with Gasteiger partial charge in [-0.3, -0.25) is 0 Å². The number of allylic oxidation sites excluding steroid dienone is 5. The average molecular weight is 465 g/mol. The predicted octanol–water partition coefficient (Wildman–Crippen LogP) is 9.74. The second-order valence-corrected chi connectivity index (χ2v) is 10.4. The van der Waals surface area contributed by atoms with E-state index in [1.54, 1.807) is 0 Å². The lowest BCUT2D eigenvalue weighted by molar-refractivity contribution is 0.834. The average Bonchev–Trinajstić information content (AvgIpc) is 3.36. The van der Waals surface area contributed by atoms with E-state index >= 15 is 0 Å². The molecule has 7 rings (SSSR count). The van der Waals surface area contributed by atoms with Crippen LogP contribution in [0, 0.1) is 5.92 Å². The lowest BCUT2D eigenvalue weighted by Gasteiger charge is -2.23. The Morgan fingerprint density at radius 2 is 1.03 bits per heavy atom. The highest BCUT2D eigenvalue weighted by Gasteiger charge is 2.28. The van der Waals surface area contributed by atoms with E-state index in [-0.39, 0.29) is 0 Å². The SMILES string of the molecule is C1=C(c2ccccc2)SC2=CC=C(c3c4ccccc4c(-c4ccccc4)c4ccccc34)CC12. The van der Waals surface area contributed by atoms with E-state index in [9.17, 15) is 0 Å². The molecule has 0 nitrogen and oxygen atoms in total. The monoisotopic (exact) mass is 464 g/mol. The lowest BCUT2D eigenvalue weighted by Crippen LogP contribution is -2.03. The predicted molar refractivity (Wildman–Crippen MR) is 153 cm³/mol. The first-order valence-electron chi connectivity index (χ1n) is 12.2. The molecule has 35 heavy (non-hydrogen) atoms. The van der Waals surface area contributed by atoms with Gasteiger partial charge in [-0.1, -0.05) is 139 Å². The summed E-state index contributed by atoms with van der Waals surface area (Å²) in [6.07, 6.45) is 8.24. The van der Waals surface area contributed by atoms with Gasteiger partial charge in [0.1, 0.15) is 0 Å². The second kappa shape index (κ2) is 8.45. The first-order chi connectivity index (χ1) is 17.4.